The lowest BCUT2D eigenvalue weighted by Crippen LogP contribution is -2.02. The highest BCUT2D eigenvalue weighted by Gasteiger charge is 2.19. The minimum absolute atomic E-state index is 0.158. The van der Waals surface area contributed by atoms with Crippen LogP contribution in [0.25, 0.3) is 0 Å². The van der Waals surface area contributed by atoms with Crippen LogP contribution in [-0.4, -0.2) is 24.2 Å². The van der Waals surface area contributed by atoms with Crippen LogP contribution in [0.2, 0.25) is 0 Å². The number of nitro groups is 1. The third-order valence-electron chi connectivity index (χ3n) is 3.15. The summed E-state index contributed by atoms with van der Waals surface area (Å²) in [7, 11) is 2.92. The van der Waals surface area contributed by atoms with Crippen molar-refractivity contribution in [1.82, 2.24) is 0 Å². The number of hydrogen-bond acceptors (Lipinski definition) is 5. The molecule has 6 heteroatoms. The average molecular weight is 289 g/mol. The molecule has 0 amide bonds. The summed E-state index contributed by atoms with van der Waals surface area (Å²) in [6, 6.07) is 11.2. The van der Waals surface area contributed by atoms with Gasteiger partial charge in [0.1, 0.15) is 11.9 Å². The number of rotatable bonds is 5. The number of benzene rings is 2. The molecular formula is C15H15NO5. The second-order valence-electron chi connectivity index (χ2n) is 4.36. The van der Waals surface area contributed by atoms with E-state index in [2.05, 4.69) is 0 Å². The molecule has 0 saturated carbocycles. The summed E-state index contributed by atoms with van der Waals surface area (Å²) in [6.45, 7) is 0. The molecule has 0 aliphatic heterocycles. The standard InChI is InChI=1S/C15H15NO5/c1-20-12-6-3-10(4-7-12)15(17)11-5-8-14(21-2)13(9-11)16(18)19/h3-9,15,17H,1-2H3/t15-/m0/s1. The fourth-order valence-electron chi connectivity index (χ4n) is 2.00. The maximum atomic E-state index is 11.0. The fraction of sp³-hybridized carbons (Fsp3) is 0.200. The van der Waals surface area contributed by atoms with Crippen molar-refractivity contribution in [3.8, 4) is 11.5 Å². The van der Waals surface area contributed by atoms with Gasteiger partial charge in [-0.3, -0.25) is 10.1 Å². The number of aliphatic hydroxyl groups excluding tert-OH is 1. The van der Waals surface area contributed by atoms with Gasteiger partial charge in [0, 0.05) is 6.07 Å². The van der Waals surface area contributed by atoms with E-state index in [1.165, 1.54) is 19.2 Å². The molecule has 0 bridgehead atoms. The number of methoxy groups -OCH3 is 2. The van der Waals surface area contributed by atoms with Crippen molar-refractivity contribution >= 4 is 5.69 Å². The molecule has 0 radical (unpaired) electrons. The van der Waals surface area contributed by atoms with Crippen LogP contribution in [0.3, 0.4) is 0 Å². The van der Waals surface area contributed by atoms with Gasteiger partial charge >= 0.3 is 5.69 Å². The van der Waals surface area contributed by atoms with E-state index in [4.69, 9.17) is 9.47 Å². The lowest BCUT2D eigenvalue weighted by atomic mass is 10.0. The van der Waals surface area contributed by atoms with Crippen molar-refractivity contribution in [2.75, 3.05) is 14.2 Å². The Morgan fingerprint density at radius 1 is 1.05 bits per heavy atom. The number of aliphatic hydroxyl groups is 1. The largest absolute Gasteiger partial charge is 0.497 e. The molecule has 0 aliphatic carbocycles. The number of nitrogens with zero attached hydrogens (tertiary/aromatic N) is 1. The van der Waals surface area contributed by atoms with Crippen LogP contribution in [0.5, 0.6) is 11.5 Å². The summed E-state index contributed by atoms with van der Waals surface area (Å²) in [6.07, 6.45) is -0.958. The SMILES string of the molecule is COc1ccc([C@H](O)c2ccc(OC)c([N+](=O)[O-])c2)cc1. The molecule has 2 aromatic carbocycles. The molecular weight excluding hydrogens is 274 g/mol. The van der Waals surface area contributed by atoms with Gasteiger partial charge in [-0.2, -0.15) is 0 Å². The average Bonchev–Trinajstić information content (AvgIpc) is 2.53. The topological polar surface area (TPSA) is 81.8 Å². The molecule has 0 aromatic heterocycles. The second-order valence-corrected chi connectivity index (χ2v) is 4.36. The van der Waals surface area contributed by atoms with E-state index in [-0.39, 0.29) is 11.4 Å². The third-order valence-corrected chi connectivity index (χ3v) is 3.15. The predicted molar refractivity (Wildman–Crippen MR) is 76.7 cm³/mol. The second kappa shape index (κ2) is 6.23. The summed E-state index contributed by atoms with van der Waals surface area (Å²) < 4.78 is 9.99. The molecule has 1 N–H and O–H groups in total. The molecule has 0 heterocycles. The van der Waals surface area contributed by atoms with Gasteiger partial charge in [0.05, 0.1) is 19.1 Å². The predicted octanol–water partition coefficient (Wildman–Crippen LogP) is 2.69. The van der Waals surface area contributed by atoms with Crippen LogP contribution in [-0.2, 0) is 0 Å². The highest BCUT2D eigenvalue weighted by molar-refractivity contribution is 5.50. The van der Waals surface area contributed by atoms with Gasteiger partial charge in [0.15, 0.2) is 5.75 Å². The molecule has 0 spiro atoms. The lowest BCUT2D eigenvalue weighted by Gasteiger charge is -2.13. The van der Waals surface area contributed by atoms with Gasteiger partial charge in [0.25, 0.3) is 0 Å². The van der Waals surface area contributed by atoms with Crippen molar-refractivity contribution in [2.24, 2.45) is 0 Å². The highest BCUT2D eigenvalue weighted by Crippen LogP contribution is 2.32. The van der Waals surface area contributed by atoms with Crippen molar-refractivity contribution in [3.63, 3.8) is 0 Å². The monoisotopic (exact) mass is 289 g/mol. The van der Waals surface area contributed by atoms with Crippen molar-refractivity contribution < 1.29 is 19.5 Å². The molecule has 1 atom stereocenters. The molecule has 0 aliphatic rings. The molecule has 110 valence electrons. The zero-order chi connectivity index (χ0) is 15.4. The van der Waals surface area contributed by atoms with E-state index in [9.17, 15) is 15.2 Å². The van der Waals surface area contributed by atoms with Crippen LogP contribution in [0.1, 0.15) is 17.2 Å². The Morgan fingerprint density at radius 2 is 1.67 bits per heavy atom. The molecule has 0 saturated heterocycles. The van der Waals surface area contributed by atoms with Crippen molar-refractivity contribution in [3.05, 3.63) is 63.7 Å². The Balaban J connectivity index is 2.35. The zero-order valence-corrected chi connectivity index (χ0v) is 11.6. The zero-order valence-electron chi connectivity index (χ0n) is 11.6. The molecule has 21 heavy (non-hydrogen) atoms. The first-order chi connectivity index (χ1) is 10.1. The van der Waals surface area contributed by atoms with E-state index in [1.807, 2.05) is 0 Å². The Labute approximate surface area is 121 Å². The fourth-order valence-corrected chi connectivity index (χ4v) is 2.00. The van der Waals surface area contributed by atoms with Crippen molar-refractivity contribution in [2.45, 2.75) is 6.10 Å². The van der Waals surface area contributed by atoms with Crippen LogP contribution >= 0.6 is 0 Å². The van der Waals surface area contributed by atoms with E-state index < -0.39 is 11.0 Å². The Hall–Kier alpha value is -2.60. The third kappa shape index (κ3) is 3.11. The highest BCUT2D eigenvalue weighted by atomic mass is 16.6. The smallest absolute Gasteiger partial charge is 0.311 e. The number of hydrogen-bond donors (Lipinski definition) is 1. The first-order valence-electron chi connectivity index (χ1n) is 6.21. The summed E-state index contributed by atoms with van der Waals surface area (Å²) in [5.74, 6) is 0.831. The van der Waals surface area contributed by atoms with E-state index in [0.29, 0.717) is 16.9 Å². The van der Waals surface area contributed by atoms with Gasteiger partial charge < -0.3 is 14.6 Å². The molecule has 2 aromatic rings. The summed E-state index contributed by atoms with van der Waals surface area (Å²) in [4.78, 5) is 10.5. The van der Waals surface area contributed by atoms with E-state index >= 15 is 0 Å². The quantitative estimate of drug-likeness (QED) is 0.676. The minimum atomic E-state index is -0.958. The minimum Gasteiger partial charge on any atom is -0.497 e. The van der Waals surface area contributed by atoms with E-state index in [1.54, 1.807) is 37.4 Å². The number of ether oxygens (including phenoxy) is 2. The first kappa shape index (κ1) is 14.8. The summed E-state index contributed by atoms with van der Waals surface area (Å²) in [5.41, 5.74) is 0.866. The molecule has 0 unspecified atom stereocenters. The first-order valence-corrected chi connectivity index (χ1v) is 6.21. The Morgan fingerprint density at radius 3 is 2.19 bits per heavy atom. The summed E-state index contributed by atoms with van der Waals surface area (Å²) in [5, 5.41) is 21.3. The van der Waals surface area contributed by atoms with Crippen LogP contribution < -0.4 is 9.47 Å². The Bertz CT molecular complexity index is 639. The molecule has 0 fully saturated rings. The molecule has 6 nitrogen and oxygen atoms in total. The van der Waals surface area contributed by atoms with Gasteiger partial charge in [0.2, 0.25) is 0 Å². The van der Waals surface area contributed by atoms with Crippen LogP contribution in [0.15, 0.2) is 42.5 Å². The maximum absolute atomic E-state index is 11.0. The van der Waals surface area contributed by atoms with Crippen molar-refractivity contribution in [1.29, 1.82) is 0 Å². The van der Waals surface area contributed by atoms with Gasteiger partial charge in [-0.15, -0.1) is 0 Å². The Kier molecular flexibility index (Phi) is 4.39. The van der Waals surface area contributed by atoms with Gasteiger partial charge in [-0.05, 0) is 29.3 Å². The van der Waals surface area contributed by atoms with Crippen LogP contribution in [0, 0.1) is 10.1 Å². The van der Waals surface area contributed by atoms with Gasteiger partial charge in [-0.1, -0.05) is 18.2 Å². The van der Waals surface area contributed by atoms with Crippen LogP contribution in [0.4, 0.5) is 5.69 Å². The van der Waals surface area contributed by atoms with E-state index in [0.717, 1.165) is 0 Å². The molecule has 2 rings (SSSR count). The maximum Gasteiger partial charge on any atom is 0.311 e. The lowest BCUT2D eigenvalue weighted by molar-refractivity contribution is -0.385. The van der Waals surface area contributed by atoms with Gasteiger partial charge in [-0.25, -0.2) is 0 Å². The summed E-state index contributed by atoms with van der Waals surface area (Å²) >= 11 is 0. The number of nitro benzene ring substituents is 1. The normalized spacial score (nSPS) is 11.8.